The molecule has 8 heteroatoms. The highest BCUT2D eigenvalue weighted by atomic mass is 79.9. The lowest BCUT2D eigenvalue weighted by Crippen LogP contribution is -2.33. The Labute approximate surface area is 235 Å². The Bertz CT molecular complexity index is 1440. The third-order valence-electron chi connectivity index (χ3n) is 5.59. The van der Waals surface area contributed by atoms with Crippen molar-refractivity contribution in [1.82, 2.24) is 5.43 Å². The fraction of sp³-hybridized carbons (Fsp3) is 0.129. The number of amides is 1. The summed E-state index contributed by atoms with van der Waals surface area (Å²) in [5, 5.41) is 4.03. The fourth-order valence-electron chi connectivity index (χ4n) is 3.43. The molecule has 0 saturated carbocycles. The molecule has 0 aliphatic heterocycles. The molecule has 7 nitrogen and oxygen atoms in total. The van der Waals surface area contributed by atoms with E-state index in [4.69, 9.17) is 14.2 Å². The molecule has 0 bridgehead atoms. The van der Waals surface area contributed by atoms with E-state index in [-0.39, 0.29) is 0 Å². The van der Waals surface area contributed by atoms with Crippen LogP contribution in [0.15, 0.2) is 107 Å². The summed E-state index contributed by atoms with van der Waals surface area (Å²) in [4.78, 5) is 25.1. The van der Waals surface area contributed by atoms with E-state index in [0.717, 1.165) is 15.6 Å². The summed E-state index contributed by atoms with van der Waals surface area (Å²) in [6, 6.07) is 29.2. The van der Waals surface area contributed by atoms with Gasteiger partial charge in [0, 0.05) is 10.0 Å². The molecule has 1 atom stereocenters. The average molecular weight is 587 g/mol. The van der Waals surface area contributed by atoms with Gasteiger partial charge >= 0.3 is 5.97 Å². The topological polar surface area (TPSA) is 86.2 Å². The highest BCUT2D eigenvalue weighted by Crippen LogP contribution is 2.23. The molecule has 39 heavy (non-hydrogen) atoms. The van der Waals surface area contributed by atoms with E-state index in [1.165, 1.54) is 6.21 Å². The van der Waals surface area contributed by atoms with Crippen LogP contribution in [0.1, 0.15) is 34.0 Å². The molecular formula is C31H27BrN2O5. The van der Waals surface area contributed by atoms with Crippen LogP contribution in [0, 0.1) is 6.92 Å². The molecule has 0 fully saturated rings. The van der Waals surface area contributed by atoms with Crippen LogP contribution < -0.4 is 19.6 Å². The van der Waals surface area contributed by atoms with E-state index >= 15 is 0 Å². The van der Waals surface area contributed by atoms with Crippen molar-refractivity contribution in [2.75, 3.05) is 0 Å². The minimum absolute atomic E-state index is 0.306. The van der Waals surface area contributed by atoms with Gasteiger partial charge in [-0.3, -0.25) is 4.79 Å². The molecule has 1 unspecified atom stereocenters. The number of rotatable bonds is 10. The molecule has 0 spiro atoms. The second kappa shape index (κ2) is 13.4. The molecule has 4 aromatic rings. The molecule has 0 saturated heterocycles. The van der Waals surface area contributed by atoms with Crippen LogP contribution in [0.5, 0.6) is 17.2 Å². The first-order chi connectivity index (χ1) is 18.9. The standard InChI is InChI=1S/C31H27BrN2O5/c1-21-8-10-24(11-9-21)31(36)39-29-17-12-26(32)18-25(29)19-33-34-30(35)22(2)38-28-15-13-27(14-16-28)37-20-23-6-4-3-5-7-23/h3-19,22H,20H2,1-2H3,(H,34,35)/b33-19+. The number of esters is 1. The SMILES string of the molecule is Cc1ccc(C(=O)Oc2ccc(Br)cc2/C=N/NC(=O)C(C)Oc2ccc(OCc3ccccc3)cc2)cc1. The third kappa shape index (κ3) is 8.28. The normalized spacial score (nSPS) is 11.6. The molecule has 198 valence electrons. The van der Waals surface area contributed by atoms with Crippen molar-refractivity contribution < 1.29 is 23.8 Å². The van der Waals surface area contributed by atoms with Gasteiger partial charge in [0.15, 0.2) is 6.10 Å². The van der Waals surface area contributed by atoms with Crippen LogP contribution in [0.3, 0.4) is 0 Å². The highest BCUT2D eigenvalue weighted by molar-refractivity contribution is 9.10. The zero-order valence-electron chi connectivity index (χ0n) is 21.5. The van der Waals surface area contributed by atoms with Gasteiger partial charge in [-0.2, -0.15) is 5.10 Å². The minimum atomic E-state index is -0.806. The van der Waals surface area contributed by atoms with E-state index < -0.39 is 18.0 Å². The second-order valence-electron chi connectivity index (χ2n) is 8.68. The first-order valence-corrected chi connectivity index (χ1v) is 13.0. The molecule has 0 aromatic heterocycles. The highest BCUT2D eigenvalue weighted by Gasteiger charge is 2.15. The van der Waals surface area contributed by atoms with Crippen molar-refractivity contribution in [1.29, 1.82) is 0 Å². The summed E-state index contributed by atoms with van der Waals surface area (Å²) in [5.74, 6) is 0.589. The molecule has 1 amide bonds. The van der Waals surface area contributed by atoms with Gasteiger partial charge in [0.2, 0.25) is 0 Å². The van der Waals surface area contributed by atoms with Gasteiger partial charge in [-0.15, -0.1) is 0 Å². The summed E-state index contributed by atoms with van der Waals surface area (Å²) in [5.41, 5.74) is 5.52. The number of ether oxygens (including phenoxy) is 3. The molecule has 4 rings (SSSR count). The monoisotopic (exact) mass is 586 g/mol. The maximum absolute atomic E-state index is 12.6. The first kappa shape index (κ1) is 27.6. The third-order valence-corrected chi connectivity index (χ3v) is 6.09. The number of nitrogens with one attached hydrogen (secondary N) is 1. The fourth-order valence-corrected chi connectivity index (χ4v) is 3.81. The maximum atomic E-state index is 12.6. The molecular weight excluding hydrogens is 560 g/mol. The van der Waals surface area contributed by atoms with Crippen molar-refractivity contribution >= 4 is 34.0 Å². The Balaban J connectivity index is 1.31. The minimum Gasteiger partial charge on any atom is -0.489 e. The Hall–Kier alpha value is -4.43. The van der Waals surface area contributed by atoms with Crippen LogP contribution >= 0.6 is 15.9 Å². The number of halogens is 1. The lowest BCUT2D eigenvalue weighted by atomic mass is 10.1. The lowest BCUT2D eigenvalue weighted by molar-refractivity contribution is -0.127. The van der Waals surface area contributed by atoms with E-state index in [9.17, 15) is 9.59 Å². The quantitative estimate of drug-likeness (QED) is 0.0995. The summed E-state index contributed by atoms with van der Waals surface area (Å²) < 4.78 is 17.8. The Kier molecular flexibility index (Phi) is 9.48. The van der Waals surface area contributed by atoms with Crippen LogP contribution in [0.4, 0.5) is 0 Å². The molecule has 1 N–H and O–H groups in total. The number of aryl methyl sites for hydroxylation is 1. The predicted octanol–water partition coefficient (Wildman–Crippen LogP) is 6.47. The number of hydrazone groups is 1. The van der Waals surface area contributed by atoms with E-state index in [2.05, 4.69) is 26.5 Å². The zero-order chi connectivity index (χ0) is 27.6. The smallest absolute Gasteiger partial charge is 0.343 e. The summed E-state index contributed by atoms with van der Waals surface area (Å²) in [6.45, 7) is 4.03. The Morgan fingerprint density at radius 1 is 0.923 bits per heavy atom. The van der Waals surface area contributed by atoms with Gasteiger partial charge in [0.1, 0.15) is 23.9 Å². The van der Waals surface area contributed by atoms with Crippen molar-refractivity contribution in [3.05, 3.63) is 124 Å². The van der Waals surface area contributed by atoms with Gasteiger partial charge in [-0.1, -0.05) is 64.0 Å². The van der Waals surface area contributed by atoms with Crippen LogP contribution in [-0.4, -0.2) is 24.2 Å². The van der Waals surface area contributed by atoms with Gasteiger partial charge in [0.05, 0.1) is 11.8 Å². The van der Waals surface area contributed by atoms with Gasteiger partial charge in [0.25, 0.3) is 5.91 Å². The van der Waals surface area contributed by atoms with Gasteiger partial charge in [-0.25, -0.2) is 10.2 Å². The predicted molar refractivity (Wildman–Crippen MR) is 153 cm³/mol. The Morgan fingerprint density at radius 2 is 1.62 bits per heavy atom. The number of hydrogen-bond acceptors (Lipinski definition) is 6. The molecule has 0 heterocycles. The van der Waals surface area contributed by atoms with Crippen molar-refractivity contribution in [2.24, 2.45) is 5.10 Å². The van der Waals surface area contributed by atoms with Crippen molar-refractivity contribution in [2.45, 2.75) is 26.6 Å². The molecule has 0 radical (unpaired) electrons. The van der Waals surface area contributed by atoms with Crippen LogP contribution in [-0.2, 0) is 11.4 Å². The summed E-state index contributed by atoms with van der Waals surface area (Å²) >= 11 is 3.40. The zero-order valence-corrected chi connectivity index (χ0v) is 23.1. The van der Waals surface area contributed by atoms with Crippen molar-refractivity contribution in [3.63, 3.8) is 0 Å². The van der Waals surface area contributed by atoms with E-state index in [0.29, 0.717) is 35.0 Å². The van der Waals surface area contributed by atoms with E-state index in [1.807, 2.05) is 49.4 Å². The summed E-state index contributed by atoms with van der Waals surface area (Å²) in [7, 11) is 0. The number of carbonyl (C=O) groups excluding carboxylic acids is 2. The van der Waals surface area contributed by atoms with Gasteiger partial charge in [-0.05, 0) is 74.0 Å². The van der Waals surface area contributed by atoms with Gasteiger partial charge < -0.3 is 14.2 Å². The largest absolute Gasteiger partial charge is 0.489 e. The summed E-state index contributed by atoms with van der Waals surface area (Å²) in [6.07, 6.45) is 0.603. The number of nitrogens with zero attached hydrogens (tertiary/aromatic N) is 1. The first-order valence-electron chi connectivity index (χ1n) is 12.2. The van der Waals surface area contributed by atoms with E-state index in [1.54, 1.807) is 61.5 Å². The second-order valence-corrected chi connectivity index (χ2v) is 9.59. The molecule has 0 aliphatic carbocycles. The number of benzene rings is 4. The molecule has 4 aromatic carbocycles. The van der Waals surface area contributed by atoms with Crippen LogP contribution in [0.2, 0.25) is 0 Å². The maximum Gasteiger partial charge on any atom is 0.343 e. The Morgan fingerprint density at radius 3 is 2.33 bits per heavy atom. The molecule has 0 aliphatic rings. The lowest BCUT2D eigenvalue weighted by Gasteiger charge is -2.14. The van der Waals surface area contributed by atoms with Crippen LogP contribution in [0.25, 0.3) is 0 Å². The number of hydrogen-bond donors (Lipinski definition) is 1. The number of carbonyl (C=O) groups is 2. The van der Waals surface area contributed by atoms with Crippen molar-refractivity contribution in [3.8, 4) is 17.2 Å². The average Bonchev–Trinajstić information content (AvgIpc) is 2.95.